The van der Waals surface area contributed by atoms with E-state index in [4.69, 9.17) is 4.42 Å². The summed E-state index contributed by atoms with van der Waals surface area (Å²) in [5, 5.41) is 6.84. The lowest BCUT2D eigenvalue weighted by Gasteiger charge is -2.45. The van der Waals surface area contributed by atoms with Crippen LogP contribution in [0.1, 0.15) is 65.0 Å². The molecule has 0 amide bonds. The minimum Gasteiger partial charge on any atom is -0.443 e. The van der Waals surface area contributed by atoms with Crippen LogP contribution in [-0.2, 0) is 12.0 Å². The van der Waals surface area contributed by atoms with Gasteiger partial charge >= 0.3 is 0 Å². The first kappa shape index (κ1) is 24.2. The summed E-state index contributed by atoms with van der Waals surface area (Å²) >= 11 is 0. The van der Waals surface area contributed by atoms with Crippen molar-refractivity contribution in [3.05, 3.63) is 17.8 Å². The Morgan fingerprint density at radius 2 is 2.07 bits per heavy atom. The van der Waals surface area contributed by atoms with Crippen molar-refractivity contribution >= 4 is 29.9 Å². The molecule has 1 aliphatic carbocycles. The average molecular weight is 491 g/mol. The van der Waals surface area contributed by atoms with Gasteiger partial charge in [-0.2, -0.15) is 0 Å². The van der Waals surface area contributed by atoms with Crippen molar-refractivity contribution in [1.29, 1.82) is 0 Å². The molecule has 1 aromatic heterocycles. The summed E-state index contributed by atoms with van der Waals surface area (Å²) in [6.07, 6.45) is 6.89. The standard InChI is InChI=1S/C20H37N5O.HI/c1-15-9-8-10-20(11-15,25(6)7)14-24-18(21-5)23-13-17-22-12-16(26-17)19(2,3)4;/h12,15H,8-11,13-14H2,1-7H3,(H2,21,23,24);1H. The zero-order chi connectivity index (χ0) is 19.4. The molecule has 2 rings (SSSR count). The molecule has 1 fully saturated rings. The van der Waals surface area contributed by atoms with Crippen LogP contribution in [0.15, 0.2) is 15.6 Å². The van der Waals surface area contributed by atoms with E-state index in [1.807, 2.05) is 6.20 Å². The molecule has 1 aromatic rings. The fourth-order valence-corrected chi connectivity index (χ4v) is 3.72. The number of hydrogen-bond acceptors (Lipinski definition) is 4. The molecule has 7 heteroatoms. The molecule has 0 bridgehead atoms. The maximum absolute atomic E-state index is 5.84. The number of nitrogens with one attached hydrogen (secondary N) is 2. The van der Waals surface area contributed by atoms with Gasteiger partial charge in [0.25, 0.3) is 0 Å². The van der Waals surface area contributed by atoms with Gasteiger partial charge in [0.1, 0.15) is 5.76 Å². The molecular weight excluding hydrogens is 453 g/mol. The number of likely N-dealkylation sites (N-methyl/N-ethyl adjacent to an activating group) is 1. The zero-order valence-corrected chi connectivity index (χ0v) is 20.4. The van der Waals surface area contributed by atoms with E-state index in [1.54, 1.807) is 7.05 Å². The summed E-state index contributed by atoms with van der Waals surface area (Å²) in [7, 11) is 6.19. The van der Waals surface area contributed by atoms with Crippen LogP contribution in [0, 0.1) is 5.92 Å². The Bertz CT molecular complexity index is 608. The lowest BCUT2D eigenvalue weighted by molar-refractivity contribution is 0.0795. The first-order chi connectivity index (χ1) is 12.2. The SMILES string of the molecule is CN=C(NCc1ncc(C(C)(C)C)o1)NCC1(N(C)C)CCCC(C)C1.I. The highest BCUT2D eigenvalue weighted by Gasteiger charge is 2.36. The van der Waals surface area contributed by atoms with Crippen molar-refractivity contribution in [2.45, 2.75) is 70.9 Å². The van der Waals surface area contributed by atoms with Crippen LogP contribution in [0.25, 0.3) is 0 Å². The van der Waals surface area contributed by atoms with Gasteiger partial charge in [0.2, 0.25) is 5.89 Å². The van der Waals surface area contributed by atoms with Crippen LogP contribution < -0.4 is 10.6 Å². The minimum absolute atomic E-state index is 0. The van der Waals surface area contributed by atoms with E-state index in [1.165, 1.54) is 25.7 Å². The van der Waals surface area contributed by atoms with Crippen LogP contribution in [0.5, 0.6) is 0 Å². The molecule has 0 aromatic carbocycles. The molecule has 0 radical (unpaired) electrons. The predicted octanol–water partition coefficient (Wildman–Crippen LogP) is 3.77. The predicted molar refractivity (Wildman–Crippen MR) is 123 cm³/mol. The number of nitrogens with zero attached hydrogens (tertiary/aromatic N) is 3. The Hall–Kier alpha value is -0.830. The Morgan fingerprint density at radius 1 is 1.37 bits per heavy atom. The smallest absolute Gasteiger partial charge is 0.213 e. The van der Waals surface area contributed by atoms with Gasteiger partial charge in [-0.15, -0.1) is 24.0 Å². The number of guanidine groups is 1. The molecule has 156 valence electrons. The second-order valence-electron chi connectivity index (χ2n) is 8.97. The Labute approximate surface area is 182 Å². The normalized spacial score (nSPS) is 23.9. The van der Waals surface area contributed by atoms with Gasteiger partial charge < -0.3 is 20.0 Å². The van der Waals surface area contributed by atoms with Gasteiger partial charge in [0.05, 0.1) is 12.7 Å². The summed E-state index contributed by atoms with van der Waals surface area (Å²) in [5.74, 6) is 3.15. The lowest BCUT2D eigenvalue weighted by Crippen LogP contribution is -2.56. The summed E-state index contributed by atoms with van der Waals surface area (Å²) in [5.41, 5.74) is 0.165. The molecule has 2 unspecified atom stereocenters. The van der Waals surface area contributed by atoms with Crippen molar-refractivity contribution in [2.75, 3.05) is 27.7 Å². The monoisotopic (exact) mass is 491 g/mol. The third-order valence-electron chi connectivity index (χ3n) is 5.52. The van der Waals surface area contributed by atoms with Gasteiger partial charge in [-0.1, -0.05) is 40.5 Å². The van der Waals surface area contributed by atoms with Crippen LogP contribution in [0.3, 0.4) is 0 Å². The molecule has 6 nitrogen and oxygen atoms in total. The number of halogens is 1. The first-order valence-corrected chi connectivity index (χ1v) is 9.73. The molecule has 1 saturated carbocycles. The Balaban J connectivity index is 0.00000364. The van der Waals surface area contributed by atoms with Gasteiger partial charge in [-0.25, -0.2) is 4.98 Å². The number of rotatable bonds is 5. The van der Waals surface area contributed by atoms with E-state index in [9.17, 15) is 0 Å². The third kappa shape index (κ3) is 6.62. The molecule has 0 saturated heterocycles. The second-order valence-corrected chi connectivity index (χ2v) is 8.97. The topological polar surface area (TPSA) is 65.7 Å². The maximum Gasteiger partial charge on any atom is 0.213 e. The largest absolute Gasteiger partial charge is 0.443 e. The fraction of sp³-hybridized carbons (Fsp3) is 0.800. The highest BCUT2D eigenvalue weighted by atomic mass is 127. The number of aliphatic imine (C=N–C) groups is 1. The Morgan fingerprint density at radius 3 is 2.59 bits per heavy atom. The second kappa shape index (κ2) is 10.1. The van der Waals surface area contributed by atoms with Crippen LogP contribution in [0.4, 0.5) is 0 Å². The number of aromatic nitrogens is 1. The van der Waals surface area contributed by atoms with Crippen LogP contribution in [-0.4, -0.2) is 49.1 Å². The zero-order valence-electron chi connectivity index (χ0n) is 18.1. The highest BCUT2D eigenvalue weighted by Crippen LogP contribution is 2.35. The van der Waals surface area contributed by atoms with Crippen molar-refractivity contribution in [3.8, 4) is 0 Å². The molecule has 2 atom stereocenters. The van der Waals surface area contributed by atoms with Crippen LogP contribution >= 0.6 is 24.0 Å². The van der Waals surface area contributed by atoms with Gasteiger partial charge in [0, 0.05) is 24.5 Å². The van der Waals surface area contributed by atoms with E-state index < -0.39 is 0 Å². The first-order valence-electron chi connectivity index (χ1n) is 9.73. The van der Waals surface area contributed by atoms with Crippen molar-refractivity contribution in [3.63, 3.8) is 0 Å². The lowest BCUT2D eigenvalue weighted by atomic mass is 9.75. The van der Waals surface area contributed by atoms with Gasteiger partial charge in [-0.3, -0.25) is 4.99 Å². The van der Waals surface area contributed by atoms with E-state index in [-0.39, 0.29) is 34.9 Å². The highest BCUT2D eigenvalue weighted by molar-refractivity contribution is 14.0. The molecule has 0 aliphatic heterocycles. The summed E-state index contributed by atoms with van der Waals surface area (Å²) in [4.78, 5) is 11.1. The van der Waals surface area contributed by atoms with Crippen molar-refractivity contribution < 1.29 is 4.42 Å². The van der Waals surface area contributed by atoms with Crippen molar-refractivity contribution in [2.24, 2.45) is 10.9 Å². The summed E-state index contributed by atoms with van der Waals surface area (Å²) in [6, 6.07) is 0. The quantitative estimate of drug-likeness (QED) is 0.373. The number of hydrogen-bond donors (Lipinski definition) is 2. The molecule has 27 heavy (non-hydrogen) atoms. The molecular formula is C20H38IN5O. The minimum atomic E-state index is -0.0268. The summed E-state index contributed by atoms with van der Waals surface area (Å²) in [6.45, 7) is 10.1. The average Bonchev–Trinajstić information content (AvgIpc) is 3.04. The van der Waals surface area contributed by atoms with E-state index in [2.05, 4.69) is 67.3 Å². The van der Waals surface area contributed by atoms with Gasteiger partial charge in [0.15, 0.2) is 5.96 Å². The third-order valence-corrected chi connectivity index (χ3v) is 5.52. The van der Waals surface area contributed by atoms with Gasteiger partial charge in [-0.05, 0) is 32.9 Å². The molecule has 1 heterocycles. The molecule has 0 spiro atoms. The van der Waals surface area contributed by atoms with Crippen LogP contribution in [0.2, 0.25) is 0 Å². The Kier molecular flexibility index (Phi) is 9.05. The summed E-state index contributed by atoms with van der Waals surface area (Å²) < 4.78 is 5.84. The fourth-order valence-electron chi connectivity index (χ4n) is 3.72. The van der Waals surface area contributed by atoms with E-state index in [0.717, 1.165) is 24.2 Å². The van der Waals surface area contributed by atoms with E-state index >= 15 is 0 Å². The molecule has 1 aliphatic rings. The van der Waals surface area contributed by atoms with Crippen molar-refractivity contribution in [1.82, 2.24) is 20.5 Å². The maximum atomic E-state index is 5.84. The number of oxazole rings is 1. The van der Waals surface area contributed by atoms with E-state index in [0.29, 0.717) is 12.4 Å². The molecule has 2 N–H and O–H groups in total.